The van der Waals surface area contributed by atoms with Crippen LogP contribution in [0, 0.1) is 12.8 Å². The molecule has 1 aliphatic carbocycles. The predicted octanol–water partition coefficient (Wildman–Crippen LogP) is 3.23. The molecule has 2 aromatic rings. The number of carbonyl (C=O) groups excluding carboxylic acids is 2. The van der Waals surface area contributed by atoms with E-state index in [2.05, 4.69) is 0 Å². The Morgan fingerprint density at radius 2 is 2.10 bits per heavy atom. The maximum absolute atomic E-state index is 12.0. The van der Waals surface area contributed by atoms with Gasteiger partial charge in [0.05, 0.1) is 12.5 Å². The third-order valence-electron chi connectivity index (χ3n) is 3.44. The average molecular weight is 288 g/mol. The van der Waals surface area contributed by atoms with Gasteiger partial charge >= 0.3 is 11.9 Å². The molecule has 1 aromatic heterocycles. The Morgan fingerprint density at radius 1 is 1.33 bits per heavy atom. The lowest BCUT2D eigenvalue weighted by Crippen LogP contribution is -2.09. The highest BCUT2D eigenvalue weighted by Crippen LogP contribution is 2.33. The minimum Gasteiger partial charge on any atom is -0.462 e. The quantitative estimate of drug-likeness (QED) is 0.638. The average Bonchev–Trinajstić information content (AvgIpc) is 3.22. The highest BCUT2D eigenvalue weighted by molar-refractivity contribution is 6.05. The molecule has 1 aliphatic rings. The van der Waals surface area contributed by atoms with E-state index >= 15 is 0 Å². The fourth-order valence-electron chi connectivity index (χ4n) is 2.24. The lowest BCUT2D eigenvalue weighted by atomic mass is 10.1. The molecule has 0 spiro atoms. The molecule has 0 aliphatic heterocycles. The highest BCUT2D eigenvalue weighted by atomic mass is 16.5. The molecule has 1 aromatic carbocycles. The summed E-state index contributed by atoms with van der Waals surface area (Å²) in [7, 11) is 0. The number of benzene rings is 1. The first kappa shape index (κ1) is 13.7. The number of furan rings is 1. The van der Waals surface area contributed by atoms with Crippen molar-refractivity contribution in [2.45, 2.75) is 26.7 Å². The molecule has 0 atom stereocenters. The van der Waals surface area contributed by atoms with Crippen molar-refractivity contribution in [1.82, 2.24) is 0 Å². The topological polar surface area (TPSA) is 65.7 Å². The molecule has 21 heavy (non-hydrogen) atoms. The minimum atomic E-state index is -0.431. The molecule has 0 radical (unpaired) electrons. The van der Waals surface area contributed by atoms with Crippen molar-refractivity contribution in [3.63, 3.8) is 0 Å². The zero-order valence-corrected chi connectivity index (χ0v) is 12.0. The monoisotopic (exact) mass is 288 g/mol. The fourth-order valence-corrected chi connectivity index (χ4v) is 2.24. The molecule has 0 N–H and O–H groups in total. The maximum Gasteiger partial charge on any atom is 0.342 e. The van der Waals surface area contributed by atoms with E-state index in [4.69, 9.17) is 13.9 Å². The van der Waals surface area contributed by atoms with Crippen molar-refractivity contribution < 1.29 is 23.5 Å². The summed E-state index contributed by atoms with van der Waals surface area (Å²) in [6.07, 6.45) is 1.78. The van der Waals surface area contributed by atoms with Crippen molar-refractivity contribution in [1.29, 1.82) is 0 Å². The number of rotatable bonds is 4. The van der Waals surface area contributed by atoms with Crippen LogP contribution in [0.25, 0.3) is 11.0 Å². The second-order valence-corrected chi connectivity index (χ2v) is 5.11. The Balaban J connectivity index is 1.96. The Morgan fingerprint density at radius 3 is 2.76 bits per heavy atom. The van der Waals surface area contributed by atoms with Crippen molar-refractivity contribution in [2.75, 3.05) is 6.61 Å². The van der Waals surface area contributed by atoms with Crippen LogP contribution in [-0.2, 0) is 9.53 Å². The van der Waals surface area contributed by atoms with E-state index in [0.29, 0.717) is 34.6 Å². The van der Waals surface area contributed by atoms with Gasteiger partial charge in [0, 0.05) is 5.39 Å². The number of carbonyl (C=O) groups is 2. The van der Waals surface area contributed by atoms with Crippen molar-refractivity contribution in [3.8, 4) is 5.75 Å². The molecule has 5 nitrogen and oxygen atoms in total. The zero-order valence-electron chi connectivity index (χ0n) is 12.0. The van der Waals surface area contributed by atoms with Gasteiger partial charge in [-0.1, -0.05) is 0 Å². The first-order valence-electron chi connectivity index (χ1n) is 7.02. The second-order valence-electron chi connectivity index (χ2n) is 5.11. The van der Waals surface area contributed by atoms with E-state index in [9.17, 15) is 9.59 Å². The smallest absolute Gasteiger partial charge is 0.342 e. The first-order chi connectivity index (χ1) is 10.1. The number of aryl methyl sites for hydroxylation is 1. The van der Waals surface area contributed by atoms with Gasteiger partial charge in [-0.2, -0.15) is 0 Å². The molecule has 0 saturated heterocycles. The van der Waals surface area contributed by atoms with Gasteiger partial charge < -0.3 is 13.9 Å². The van der Waals surface area contributed by atoms with E-state index in [1.807, 2.05) is 0 Å². The number of ether oxygens (including phenoxy) is 2. The molecular weight excluding hydrogens is 272 g/mol. The highest BCUT2D eigenvalue weighted by Gasteiger charge is 2.31. The SMILES string of the molecule is CCOC(=O)c1c(C)oc2ccc(OC(=O)C3CC3)cc12. The van der Waals surface area contributed by atoms with Gasteiger partial charge in [0.25, 0.3) is 0 Å². The van der Waals surface area contributed by atoms with E-state index in [0.717, 1.165) is 12.8 Å². The van der Waals surface area contributed by atoms with Crippen LogP contribution in [0.3, 0.4) is 0 Å². The number of hydrogen-bond acceptors (Lipinski definition) is 5. The third-order valence-corrected chi connectivity index (χ3v) is 3.44. The van der Waals surface area contributed by atoms with Crippen LogP contribution in [0.2, 0.25) is 0 Å². The van der Waals surface area contributed by atoms with Crippen molar-refractivity contribution in [3.05, 3.63) is 29.5 Å². The maximum atomic E-state index is 12.0. The van der Waals surface area contributed by atoms with E-state index in [1.165, 1.54) is 0 Å². The van der Waals surface area contributed by atoms with Gasteiger partial charge in [0.2, 0.25) is 0 Å². The van der Waals surface area contributed by atoms with Crippen molar-refractivity contribution in [2.24, 2.45) is 5.92 Å². The summed E-state index contributed by atoms with van der Waals surface area (Å²) < 4.78 is 15.9. The Labute approximate surface area is 121 Å². The zero-order chi connectivity index (χ0) is 15.0. The van der Waals surface area contributed by atoms with Crippen LogP contribution < -0.4 is 4.74 Å². The normalized spacial score (nSPS) is 14.2. The summed E-state index contributed by atoms with van der Waals surface area (Å²) in [5, 5.41) is 0.604. The van der Waals surface area contributed by atoms with Gasteiger partial charge in [0.15, 0.2) is 0 Å². The van der Waals surface area contributed by atoms with Crippen LogP contribution >= 0.6 is 0 Å². The molecule has 5 heteroatoms. The number of hydrogen-bond donors (Lipinski definition) is 0. The van der Waals surface area contributed by atoms with Crippen molar-refractivity contribution >= 4 is 22.9 Å². The van der Waals surface area contributed by atoms with Crippen LogP contribution in [-0.4, -0.2) is 18.5 Å². The van der Waals surface area contributed by atoms with Crippen LogP contribution in [0.15, 0.2) is 22.6 Å². The Bertz CT molecular complexity index is 709. The second kappa shape index (κ2) is 5.24. The van der Waals surface area contributed by atoms with Gasteiger partial charge in [-0.3, -0.25) is 4.79 Å². The molecule has 0 unspecified atom stereocenters. The largest absolute Gasteiger partial charge is 0.462 e. The Hall–Kier alpha value is -2.30. The summed E-state index contributed by atoms with van der Waals surface area (Å²) in [5.74, 6) is 0.294. The van der Waals surface area contributed by atoms with Gasteiger partial charge in [-0.05, 0) is 44.9 Å². The van der Waals surface area contributed by atoms with E-state index in [1.54, 1.807) is 32.0 Å². The first-order valence-corrected chi connectivity index (χ1v) is 7.02. The molecular formula is C16H16O5. The van der Waals surface area contributed by atoms with E-state index < -0.39 is 5.97 Å². The van der Waals surface area contributed by atoms with Gasteiger partial charge in [-0.15, -0.1) is 0 Å². The third kappa shape index (κ3) is 2.63. The van der Waals surface area contributed by atoms with Crippen LogP contribution in [0.1, 0.15) is 35.9 Å². The molecule has 110 valence electrons. The molecule has 1 heterocycles. The lowest BCUT2D eigenvalue weighted by Gasteiger charge is -2.04. The minimum absolute atomic E-state index is 0.0244. The molecule has 1 fully saturated rings. The standard InChI is InChI=1S/C16H16O5/c1-3-19-16(18)14-9(2)20-13-7-6-11(8-12(13)14)21-15(17)10-4-5-10/h6-8,10H,3-5H2,1-2H3. The number of esters is 2. The summed E-state index contributed by atoms with van der Waals surface area (Å²) >= 11 is 0. The summed E-state index contributed by atoms with van der Waals surface area (Å²) in [6, 6.07) is 5.01. The van der Waals surface area contributed by atoms with Crippen LogP contribution in [0.4, 0.5) is 0 Å². The predicted molar refractivity (Wildman–Crippen MR) is 75.3 cm³/mol. The Kier molecular flexibility index (Phi) is 3.41. The molecule has 1 saturated carbocycles. The molecule has 0 bridgehead atoms. The number of fused-ring (bicyclic) bond motifs is 1. The van der Waals surface area contributed by atoms with Crippen LogP contribution in [0.5, 0.6) is 5.75 Å². The lowest BCUT2D eigenvalue weighted by molar-refractivity contribution is -0.135. The fraction of sp³-hybridized carbons (Fsp3) is 0.375. The summed E-state index contributed by atoms with van der Waals surface area (Å²) in [6.45, 7) is 3.75. The van der Waals surface area contributed by atoms with E-state index in [-0.39, 0.29) is 11.9 Å². The molecule has 0 amide bonds. The van der Waals surface area contributed by atoms with Gasteiger partial charge in [0.1, 0.15) is 22.7 Å². The summed E-state index contributed by atoms with van der Waals surface area (Å²) in [5.41, 5.74) is 0.956. The molecule has 3 rings (SSSR count). The van der Waals surface area contributed by atoms with Gasteiger partial charge in [-0.25, -0.2) is 4.79 Å². The summed E-state index contributed by atoms with van der Waals surface area (Å²) in [4.78, 5) is 23.7.